The normalized spacial score (nSPS) is 43.6. The molecule has 1 saturated heterocycles. The van der Waals surface area contributed by atoms with E-state index in [0.717, 1.165) is 50.5 Å². The number of Topliss-reactive ketones (excluding diaryl/α,β-unsaturated/α-hetero) is 1. The van der Waals surface area contributed by atoms with Crippen molar-refractivity contribution in [2.75, 3.05) is 13.1 Å². The van der Waals surface area contributed by atoms with E-state index < -0.39 is 16.4 Å². The number of piperidine rings is 1. The van der Waals surface area contributed by atoms with Crippen LogP contribution < -0.4 is 5.32 Å². The predicted octanol–water partition coefficient (Wildman–Crippen LogP) is 6.12. The van der Waals surface area contributed by atoms with Gasteiger partial charge in [-0.1, -0.05) is 60.1 Å². The number of nitrogens with zero attached hydrogens (tertiary/aromatic N) is 2. The van der Waals surface area contributed by atoms with Crippen molar-refractivity contribution in [3.63, 3.8) is 0 Å². The highest BCUT2D eigenvalue weighted by Crippen LogP contribution is 2.73. The molecule has 7 heteroatoms. The van der Waals surface area contributed by atoms with E-state index in [1.807, 2.05) is 30.9 Å². The van der Waals surface area contributed by atoms with E-state index in [9.17, 15) is 24.8 Å². The van der Waals surface area contributed by atoms with Gasteiger partial charge in [0.15, 0.2) is 11.6 Å². The zero-order valence-electron chi connectivity index (χ0n) is 27.3. The van der Waals surface area contributed by atoms with E-state index in [0.29, 0.717) is 25.9 Å². The Labute approximate surface area is 257 Å². The maximum Gasteiger partial charge on any atom is 0.317 e. The van der Waals surface area contributed by atoms with Crippen LogP contribution in [0.4, 0.5) is 4.79 Å². The number of fused-ring (bicyclic) bond motifs is 7. The fourth-order valence-electron chi connectivity index (χ4n) is 11.2. The lowest BCUT2D eigenvalue weighted by molar-refractivity contribution is -0.160. The number of carbonyl (C=O) groups is 3. The molecule has 2 amide bonds. The van der Waals surface area contributed by atoms with Crippen molar-refractivity contribution < 1.29 is 19.5 Å². The third kappa shape index (κ3) is 4.17. The van der Waals surface area contributed by atoms with E-state index in [2.05, 4.69) is 46.0 Å². The molecule has 0 aromatic carbocycles. The smallest absolute Gasteiger partial charge is 0.317 e. The summed E-state index contributed by atoms with van der Waals surface area (Å²) in [6, 6.07) is 2.14. The molecular formula is C36H51N3O4. The van der Waals surface area contributed by atoms with Crippen LogP contribution in [0, 0.1) is 56.2 Å². The Morgan fingerprint density at radius 1 is 0.977 bits per heavy atom. The Morgan fingerprint density at radius 3 is 2.28 bits per heavy atom. The number of hydrogen-bond donors (Lipinski definition) is 2. The molecule has 43 heavy (non-hydrogen) atoms. The molecule has 0 spiro atoms. The van der Waals surface area contributed by atoms with Crippen molar-refractivity contribution >= 4 is 17.6 Å². The number of ketones is 2. The van der Waals surface area contributed by atoms with Gasteiger partial charge in [-0.15, -0.1) is 0 Å². The highest BCUT2D eigenvalue weighted by molar-refractivity contribution is 6.04. The zero-order chi connectivity index (χ0) is 31.4. The number of allylic oxidation sites excluding steroid dienone is 4. The molecule has 234 valence electrons. The van der Waals surface area contributed by atoms with Gasteiger partial charge >= 0.3 is 6.03 Å². The van der Waals surface area contributed by atoms with Gasteiger partial charge in [0.2, 0.25) is 0 Å². The van der Waals surface area contributed by atoms with Gasteiger partial charge in [0.25, 0.3) is 0 Å². The van der Waals surface area contributed by atoms with Crippen LogP contribution in [0.3, 0.4) is 0 Å². The molecule has 7 atom stereocenters. The average Bonchev–Trinajstić information content (AvgIpc) is 2.93. The van der Waals surface area contributed by atoms with E-state index in [1.54, 1.807) is 0 Å². The molecule has 6 rings (SSSR count). The van der Waals surface area contributed by atoms with Gasteiger partial charge in [0.05, 0.1) is 11.7 Å². The number of hydrogen-bond acceptors (Lipinski definition) is 5. The maximum absolute atomic E-state index is 14.7. The number of rotatable bonds is 1. The Morgan fingerprint density at radius 2 is 1.63 bits per heavy atom. The SMILES string of the molecule is CC1(C)CC[C@]2(NC(=O)N3CCC(O)CC3)CC[C@]3(C)[C@H](C(=O)C=C4[C@@]5(C)C=C(C#N)C(=O)C(C)(C)[C@@H]5CC[C@]43C)[C@@H]2C1. The number of likely N-dealkylation sites (tertiary alicyclic amines) is 1. The molecule has 2 N–H and O–H groups in total. The molecule has 0 bridgehead atoms. The van der Waals surface area contributed by atoms with E-state index >= 15 is 0 Å². The number of aliphatic hydroxyl groups is 1. The van der Waals surface area contributed by atoms with Crippen molar-refractivity contribution in [1.82, 2.24) is 10.2 Å². The lowest BCUT2D eigenvalue weighted by atomic mass is 9.35. The second kappa shape index (κ2) is 9.52. The van der Waals surface area contributed by atoms with Gasteiger partial charge in [0.1, 0.15) is 6.07 Å². The van der Waals surface area contributed by atoms with E-state index in [4.69, 9.17) is 0 Å². The Balaban J connectivity index is 1.43. The summed E-state index contributed by atoms with van der Waals surface area (Å²) in [5, 5.41) is 23.5. The summed E-state index contributed by atoms with van der Waals surface area (Å²) in [5.41, 5.74) is -0.850. The monoisotopic (exact) mass is 589 g/mol. The molecule has 6 aliphatic rings. The molecule has 1 heterocycles. The third-order valence-corrected chi connectivity index (χ3v) is 14.0. The highest BCUT2D eigenvalue weighted by atomic mass is 16.3. The predicted molar refractivity (Wildman–Crippen MR) is 165 cm³/mol. The van der Waals surface area contributed by atoms with Crippen LogP contribution in [0.5, 0.6) is 0 Å². The molecule has 0 aromatic heterocycles. The molecule has 1 aliphatic heterocycles. The van der Waals surface area contributed by atoms with Crippen LogP contribution in [0.2, 0.25) is 0 Å². The Kier molecular flexibility index (Phi) is 6.77. The van der Waals surface area contributed by atoms with Crippen LogP contribution in [0.1, 0.15) is 106 Å². The summed E-state index contributed by atoms with van der Waals surface area (Å²) in [6.45, 7) is 16.5. The standard InChI is InChI=1S/C36H51N3O4/c1-31(2)12-14-36(38-30(43)39-16-9-23(40)10-17-39)15-13-35(7)28(24(36)20-31)25(41)18-27-33(5)19-22(21-37)29(42)32(3,4)26(33)8-11-34(27,35)6/h18-19,23-24,26,28,40H,8-17,20H2,1-7H3,(H,38,43)/t24-,26-,28-,33-,34+,35+,36-/m0/s1. The number of aliphatic hydroxyl groups excluding tert-OH is 1. The van der Waals surface area contributed by atoms with Gasteiger partial charge in [-0.25, -0.2) is 4.79 Å². The fourth-order valence-corrected chi connectivity index (χ4v) is 11.2. The molecule has 4 fully saturated rings. The second-order valence-electron chi connectivity index (χ2n) is 17.1. The summed E-state index contributed by atoms with van der Waals surface area (Å²) < 4.78 is 0. The van der Waals surface area contributed by atoms with E-state index in [1.165, 1.54) is 0 Å². The first-order valence-electron chi connectivity index (χ1n) is 16.6. The first-order chi connectivity index (χ1) is 19.9. The largest absolute Gasteiger partial charge is 0.393 e. The van der Waals surface area contributed by atoms with Gasteiger partial charge in [-0.2, -0.15) is 5.26 Å². The van der Waals surface area contributed by atoms with Crippen molar-refractivity contribution in [1.29, 1.82) is 5.26 Å². The number of amides is 2. The van der Waals surface area contributed by atoms with Crippen molar-refractivity contribution in [2.45, 2.75) is 118 Å². The van der Waals surface area contributed by atoms with Crippen molar-refractivity contribution in [3.8, 4) is 6.07 Å². The van der Waals surface area contributed by atoms with Gasteiger partial charge in [-0.3, -0.25) is 9.59 Å². The first-order valence-corrected chi connectivity index (χ1v) is 16.6. The topological polar surface area (TPSA) is 110 Å². The quantitative estimate of drug-likeness (QED) is 0.383. The van der Waals surface area contributed by atoms with Gasteiger partial charge < -0.3 is 15.3 Å². The third-order valence-electron chi connectivity index (χ3n) is 14.0. The number of carbonyl (C=O) groups excluding carboxylic acids is 3. The van der Waals surface area contributed by atoms with Gasteiger partial charge in [-0.05, 0) is 91.9 Å². The fraction of sp³-hybridized carbons (Fsp3) is 0.778. The lowest BCUT2D eigenvalue weighted by Crippen LogP contribution is -2.70. The minimum absolute atomic E-state index is 0.0236. The molecule has 5 aliphatic carbocycles. The summed E-state index contributed by atoms with van der Waals surface area (Å²) in [4.78, 5) is 43.6. The molecule has 0 radical (unpaired) electrons. The Bertz CT molecular complexity index is 1360. The zero-order valence-corrected chi connectivity index (χ0v) is 27.3. The van der Waals surface area contributed by atoms with E-state index in [-0.39, 0.29) is 63.3 Å². The van der Waals surface area contributed by atoms with Crippen LogP contribution in [0.25, 0.3) is 0 Å². The molecule has 0 unspecified atom stereocenters. The second-order valence-corrected chi connectivity index (χ2v) is 17.1. The van der Waals surface area contributed by atoms with Crippen LogP contribution >= 0.6 is 0 Å². The molecule has 3 saturated carbocycles. The number of urea groups is 1. The lowest BCUT2D eigenvalue weighted by Gasteiger charge is -2.69. The van der Waals surface area contributed by atoms with Gasteiger partial charge in [0, 0.05) is 35.4 Å². The summed E-state index contributed by atoms with van der Waals surface area (Å²) in [6.07, 6.45) is 10.9. The van der Waals surface area contributed by atoms with Crippen molar-refractivity contribution in [2.24, 2.45) is 44.8 Å². The van der Waals surface area contributed by atoms with Crippen molar-refractivity contribution in [3.05, 3.63) is 23.3 Å². The maximum atomic E-state index is 14.7. The minimum Gasteiger partial charge on any atom is -0.393 e. The minimum atomic E-state index is -0.679. The molecular weight excluding hydrogens is 538 g/mol. The highest BCUT2D eigenvalue weighted by Gasteiger charge is 2.70. The van der Waals surface area contributed by atoms with Crippen LogP contribution in [-0.2, 0) is 9.59 Å². The summed E-state index contributed by atoms with van der Waals surface area (Å²) in [5.74, 6) is -0.0951. The summed E-state index contributed by atoms with van der Waals surface area (Å²) in [7, 11) is 0. The van der Waals surface area contributed by atoms with Crippen LogP contribution in [0.15, 0.2) is 23.3 Å². The number of nitriles is 1. The first kappa shape index (κ1) is 30.6. The Hall–Kier alpha value is -2.46. The summed E-state index contributed by atoms with van der Waals surface area (Å²) >= 11 is 0. The van der Waals surface area contributed by atoms with Crippen LogP contribution in [-0.4, -0.2) is 52.3 Å². The number of nitrogens with one attached hydrogen (secondary N) is 1. The molecule has 0 aromatic rings. The molecule has 7 nitrogen and oxygen atoms in total. The average molecular weight is 590 g/mol.